The van der Waals surface area contributed by atoms with Gasteiger partial charge in [0.15, 0.2) is 0 Å². The van der Waals surface area contributed by atoms with Crippen molar-refractivity contribution in [3.05, 3.63) is 35.1 Å². The molecule has 2 rings (SSSR count). The Balaban J connectivity index is 2.15. The molecule has 18 heavy (non-hydrogen) atoms. The smallest absolute Gasteiger partial charge is 0.123 e. The number of thioether (sulfide) groups is 1. The van der Waals surface area contributed by atoms with Gasteiger partial charge in [0.2, 0.25) is 0 Å². The highest BCUT2D eigenvalue weighted by Crippen LogP contribution is 2.21. The molecule has 0 aromatic heterocycles. The number of hydrogen-bond acceptors (Lipinski definition) is 3. The standard InChI is InChI=1S/C13H18FN3S/c1-9-7-17(4-5-18-9)8-10-2-3-11(14)6-12(10)13(15)16/h2-3,6,9H,4-5,7-8H2,1H3,(H3,15,16). The van der Waals surface area contributed by atoms with Crippen molar-refractivity contribution < 1.29 is 4.39 Å². The van der Waals surface area contributed by atoms with Crippen molar-refractivity contribution in [1.82, 2.24) is 4.90 Å². The fourth-order valence-corrected chi connectivity index (χ4v) is 3.29. The van der Waals surface area contributed by atoms with E-state index < -0.39 is 0 Å². The Kier molecular flexibility index (Phi) is 4.24. The van der Waals surface area contributed by atoms with Crippen LogP contribution in [0.15, 0.2) is 18.2 Å². The second kappa shape index (κ2) is 5.71. The van der Waals surface area contributed by atoms with Gasteiger partial charge in [-0.3, -0.25) is 10.3 Å². The van der Waals surface area contributed by atoms with E-state index in [1.54, 1.807) is 6.07 Å². The fourth-order valence-electron chi connectivity index (χ4n) is 2.21. The molecule has 5 heteroatoms. The molecule has 0 saturated carbocycles. The van der Waals surface area contributed by atoms with Crippen molar-refractivity contribution in [2.45, 2.75) is 18.7 Å². The molecule has 1 heterocycles. The topological polar surface area (TPSA) is 53.1 Å². The molecule has 0 radical (unpaired) electrons. The van der Waals surface area contributed by atoms with Crippen molar-refractivity contribution in [3.8, 4) is 0 Å². The SMILES string of the molecule is CC1CN(Cc2ccc(F)cc2C(=N)N)CCS1. The minimum absolute atomic E-state index is 0.0658. The highest BCUT2D eigenvalue weighted by molar-refractivity contribution is 7.99. The van der Waals surface area contributed by atoms with Gasteiger partial charge in [-0.05, 0) is 17.7 Å². The van der Waals surface area contributed by atoms with Crippen molar-refractivity contribution >= 4 is 17.6 Å². The summed E-state index contributed by atoms with van der Waals surface area (Å²) in [5.41, 5.74) is 6.96. The minimum Gasteiger partial charge on any atom is -0.384 e. The molecule has 0 bridgehead atoms. The van der Waals surface area contributed by atoms with E-state index in [2.05, 4.69) is 11.8 Å². The summed E-state index contributed by atoms with van der Waals surface area (Å²) in [5, 5.41) is 8.14. The maximum absolute atomic E-state index is 13.2. The van der Waals surface area contributed by atoms with E-state index in [-0.39, 0.29) is 11.7 Å². The third-order valence-corrected chi connectivity index (χ3v) is 4.22. The van der Waals surface area contributed by atoms with Gasteiger partial charge in [0, 0.05) is 36.2 Å². The average Bonchev–Trinajstić information content (AvgIpc) is 2.31. The van der Waals surface area contributed by atoms with Crippen LogP contribution < -0.4 is 5.73 Å². The quantitative estimate of drug-likeness (QED) is 0.651. The van der Waals surface area contributed by atoms with Crippen LogP contribution in [0, 0.1) is 11.2 Å². The zero-order valence-electron chi connectivity index (χ0n) is 10.4. The molecule has 0 amide bonds. The lowest BCUT2D eigenvalue weighted by Gasteiger charge is -2.31. The lowest BCUT2D eigenvalue weighted by atomic mass is 10.1. The minimum atomic E-state index is -0.341. The molecule has 1 aliphatic rings. The van der Waals surface area contributed by atoms with Crippen LogP contribution in [0.3, 0.4) is 0 Å². The molecule has 1 unspecified atom stereocenters. The first-order chi connectivity index (χ1) is 8.56. The van der Waals surface area contributed by atoms with Gasteiger partial charge in [-0.15, -0.1) is 0 Å². The number of nitrogens with zero attached hydrogens (tertiary/aromatic N) is 1. The Morgan fingerprint density at radius 3 is 3.06 bits per heavy atom. The van der Waals surface area contributed by atoms with Gasteiger partial charge in [-0.2, -0.15) is 11.8 Å². The van der Waals surface area contributed by atoms with Crippen molar-refractivity contribution in [1.29, 1.82) is 5.41 Å². The van der Waals surface area contributed by atoms with Crippen LogP contribution in [-0.2, 0) is 6.54 Å². The molecule has 98 valence electrons. The van der Waals surface area contributed by atoms with Gasteiger partial charge in [-0.25, -0.2) is 4.39 Å². The van der Waals surface area contributed by atoms with Crippen molar-refractivity contribution in [2.24, 2.45) is 5.73 Å². The second-order valence-electron chi connectivity index (χ2n) is 4.63. The number of nitrogens with one attached hydrogen (secondary N) is 1. The first-order valence-corrected chi connectivity index (χ1v) is 7.08. The van der Waals surface area contributed by atoms with Gasteiger partial charge in [0.1, 0.15) is 11.7 Å². The highest BCUT2D eigenvalue weighted by atomic mass is 32.2. The van der Waals surface area contributed by atoms with Gasteiger partial charge >= 0.3 is 0 Å². The van der Waals surface area contributed by atoms with Crippen LogP contribution in [0.1, 0.15) is 18.1 Å². The Bertz CT molecular complexity index is 450. The molecule has 1 saturated heterocycles. The molecule has 3 N–H and O–H groups in total. The summed E-state index contributed by atoms with van der Waals surface area (Å²) in [6, 6.07) is 4.52. The summed E-state index contributed by atoms with van der Waals surface area (Å²) >= 11 is 1.98. The first kappa shape index (κ1) is 13.4. The summed E-state index contributed by atoms with van der Waals surface area (Å²) in [6.07, 6.45) is 0. The maximum atomic E-state index is 13.2. The summed E-state index contributed by atoms with van der Waals surface area (Å²) in [4.78, 5) is 2.33. The van der Waals surface area contributed by atoms with Crippen LogP contribution in [0.2, 0.25) is 0 Å². The number of amidine groups is 1. The normalized spacial score (nSPS) is 20.9. The number of benzene rings is 1. The van der Waals surface area contributed by atoms with E-state index >= 15 is 0 Å². The molecule has 1 aromatic rings. The third-order valence-electron chi connectivity index (χ3n) is 3.08. The Morgan fingerprint density at radius 2 is 2.39 bits per heavy atom. The van der Waals surface area contributed by atoms with E-state index in [4.69, 9.17) is 11.1 Å². The zero-order chi connectivity index (χ0) is 13.1. The molecule has 0 aliphatic carbocycles. The van der Waals surface area contributed by atoms with E-state index in [9.17, 15) is 4.39 Å². The average molecular weight is 267 g/mol. The van der Waals surface area contributed by atoms with Gasteiger partial charge < -0.3 is 5.73 Å². The molecule has 3 nitrogen and oxygen atoms in total. The van der Waals surface area contributed by atoms with Gasteiger partial charge in [-0.1, -0.05) is 13.0 Å². The van der Waals surface area contributed by atoms with E-state index in [0.717, 1.165) is 31.0 Å². The van der Waals surface area contributed by atoms with Crippen LogP contribution in [-0.4, -0.2) is 34.8 Å². The molecule has 1 aliphatic heterocycles. The predicted molar refractivity (Wildman–Crippen MR) is 74.6 cm³/mol. The van der Waals surface area contributed by atoms with Crippen LogP contribution in [0.25, 0.3) is 0 Å². The number of halogens is 1. The lowest BCUT2D eigenvalue weighted by Crippen LogP contribution is -2.36. The second-order valence-corrected chi connectivity index (χ2v) is 6.18. The number of nitrogens with two attached hydrogens (primary N) is 1. The summed E-state index contributed by atoms with van der Waals surface area (Å²) in [6.45, 7) is 5.01. The number of hydrogen-bond donors (Lipinski definition) is 2. The molecule has 1 fully saturated rings. The monoisotopic (exact) mass is 267 g/mol. The third kappa shape index (κ3) is 3.23. The number of rotatable bonds is 3. The maximum Gasteiger partial charge on any atom is 0.123 e. The molecule has 1 atom stereocenters. The Morgan fingerprint density at radius 1 is 1.61 bits per heavy atom. The summed E-state index contributed by atoms with van der Waals surface area (Å²) < 4.78 is 13.2. The van der Waals surface area contributed by atoms with Crippen LogP contribution in [0.5, 0.6) is 0 Å². The fraction of sp³-hybridized carbons (Fsp3) is 0.462. The van der Waals surface area contributed by atoms with Crippen molar-refractivity contribution in [3.63, 3.8) is 0 Å². The van der Waals surface area contributed by atoms with Crippen molar-refractivity contribution in [2.75, 3.05) is 18.8 Å². The largest absolute Gasteiger partial charge is 0.384 e. The highest BCUT2D eigenvalue weighted by Gasteiger charge is 2.18. The molecular formula is C13H18FN3S. The predicted octanol–water partition coefficient (Wildman–Crippen LogP) is 2.05. The molecule has 1 aromatic carbocycles. The lowest BCUT2D eigenvalue weighted by molar-refractivity contribution is 0.278. The first-order valence-electron chi connectivity index (χ1n) is 6.03. The van der Waals surface area contributed by atoms with E-state index in [0.29, 0.717) is 10.8 Å². The number of nitrogen functional groups attached to an aromatic ring is 1. The van der Waals surface area contributed by atoms with Crippen LogP contribution >= 0.6 is 11.8 Å². The Labute approximate surface area is 111 Å². The summed E-state index contributed by atoms with van der Waals surface area (Å²) in [5.74, 6) is 0.716. The van der Waals surface area contributed by atoms with Gasteiger partial charge in [0.25, 0.3) is 0 Å². The van der Waals surface area contributed by atoms with Crippen LogP contribution in [0.4, 0.5) is 4.39 Å². The van der Waals surface area contributed by atoms with E-state index in [1.165, 1.54) is 12.1 Å². The summed E-state index contributed by atoms with van der Waals surface area (Å²) in [7, 11) is 0. The zero-order valence-corrected chi connectivity index (χ0v) is 11.3. The molecular weight excluding hydrogens is 249 g/mol. The Hall–Kier alpha value is -1.07. The molecule has 0 spiro atoms. The van der Waals surface area contributed by atoms with E-state index in [1.807, 2.05) is 11.8 Å². The van der Waals surface area contributed by atoms with Gasteiger partial charge in [0.05, 0.1) is 0 Å².